The third kappa shape index (κ3) is 2.15. The van der Waals surface area contributed by atoms with Crippen LogP contribution in [0.25, 0.3) is 11.3 Å². The van der Waals surface area contributed by atoms with E-state index in [9.17, 15) is 0 Å². The number of aromatic nitrogens is 2. The number of fused-ring (bicyclic) bond motifs is 1. The second-order valence-electron chi connectivity index (χ2n) is 5.82. The van der Waals surface area contributed by atoms with Crippen LogP contribution in [-0.2, 0) is 13.0 Å². The first-order valence-corrected chi connectivity index (χ1v) is 7.15. The molecule has 106 valence electrons. The smallest absolute Gasteiger partial charge is 0.131 e. The minimum Gasteiger partial charge on any atom is -0.493 e. The van der Waals surface area contributed by atoms with E-state index in [1.165, 1.54) is 5.56 Å². The van der Waals surface area contributed by atoms with Gasteiger partial charge in [-0.1, -0.05) is 13.8 Å². The number of anilines is 1. The van der Waals surface area contributed by atoms with Crippen molar-refractivity contribution in [2.45, 2.75) is 33.7 Å². The van der Waals surface area contributed by atoms with Crippen LogP contribution in [0, 0.1) is 12.8 Å². The summed E-state index contributed by atoms with van der Waals surface area (Å²) < 4.78 is 7.65. The molecule has 0 aliphatic carbocycles. The molecule has 2 N–H and O–H groups in total. The Morgan fingerprint density at radius 1 is 1.40 bits per heavy atom. The van der Waals surface area contributed by atoms with E-state index in [2.05, 4.69) is 29.5 Å². The minimum atomic E-state index is 0.548. The zero-order chi connectivity index (χ0) is 14.3. The summed E-state index contributed by atoms with van der Waals surface area (Å²) in [5.41, 5.74) is 9.51. The van der Waals surface area contributed by atoms with Crippen molar-refractivity contribution in [2.75, 3.05) is 12.3 Å². The number of hydrogen-bond donors (Lipinski definition) is 1. The molecule has 0 spiro atoms. The maximum absolute atomic E-state index is 6.30. The Labute approximate surface area is 119 Å². The Hall–Kier alpha value is -1.97. The fourth-order valence-corrected chi connectivity index (χ4v) is 2.72. The van der Waals surface area contributed by atoms with Gasteiger partial charge in [-0.15, -0.1) is 0 Å². The average Bonchev–Trinajstić information content (AvgIpc) is 2.97. The van der Waals surface area contributed by atoms with Crippen molar-refractivity contribution in [3.8, 4) is 17.0 Å². The second kappa shape index (κ2) is 4.85. The van der Waals surface area contributed by atoms with Gasteiger partial charge in [0, 0.05) is 18.5 Å². The highest BCUT2D eigenvalue weighted by molar-refractivity contribution is 5.72. The first-order valence-electron chi connectivity index (χ1n) is 7.15. The van der Waals surface area contributed by atoms with E-state index in [1.807, 2.05) is 19.1 Å². The van der Waals surface area contributed by atoms with E-state index in [-0.39, 0.29) is 0 Å². The number of ether oxygens (including phenoxy) is 1. The van der Waals surface area contributed by atoms with Gasteiger partial charge in [0.2, 0.25) is 0 Å². The molecular formula is C16H21N3O. The lowest BCUT2D eigenvalue weighted by atomic mass is 10.1. The van der Waals surface area contributed by atoms with Crippen molar-refractivity contribution in [3.05, 3.63) is 29.6 Å². The largest absolute Gasteiger partial charge is 0.493 e. The Kier molecular flexibility index (Phi) is 3.16. The molecule has 4 heteroatoms. The van der Waals surface area contributed by atoms with Gasteiger partial charge in [0.1, 0.15) is 23.1 Å². The maximum atomic E-state index is 6.30. The zero-order valence-electron chi connectivity index (χ0n) is 12.3. The summed E-state index contributed by atoms with van der Waals surface area (Å²) in [6.45, 7) is 8.06. The first-order chi connectivity index (χ1) is 9.56. The normalized spacial score (nSPS) is 13.6. The van der Waals surface area contributed by atoms with Gasteiger partial charge in [0.25, 0.3) is 0 Å². The molecule has 0 atom stereocenters. The van der Waals surface area contributed by atoms with Crippen molar-refractivity contribution < 1.29 is 4.74 Å². The highest BCUT2D eigenvalue weighted by Gasteiger charge is 2.18. The Balaban J connectivity index is 2.02. The molecule has 1 aromatic carbocycles. The predicted molar refractivity (Wildman–Crippen MR) is 80.8 cm³/mol. The molecule has 20 heavy (non-hydrogen) atoms. The number of nitrogens with two attached hydrogens (primary N) is 1. The van der Waals surface area contributed by atoms with E-state index in [4.69, 9.17) is 10.5 Å². The fraction of sp³-hybridized carbons (Fsp3) is 0.438. The predicted octanol–water partition coefficient (Wildman–Crippen LogP) is 3.03. The quantitative estimate of drug-likeness (QED) is 0.933. The van der Waals surface area contributed by atoms with Crippen LogP contribution in [0.2, 0.25) is 0 Å². The van der Waals surface area contributed by atoms with Crippen molar-refractivity contribution in [1.82, 2.24) is 9.55 Å². The van der Waals surface area contributed by atoms with Crippen LogP contribution < -0.4 is 10.5 Å². The maximum Gasteiger partial charge on any atom is 0.131 e. The van der Waals surface area contributed by atoms with E-state index < -0.39 is 0 Å². The SMILES string of the molecule is Cc1nc(-c2ccc3c(c2)CCO3)c(N)n1CC(C)C. The summed E-state index contributed by atoms with van der Waals surface area (Å²) in [6, 6.07) is 6.22. The van der Waals surface area contributed by atoms with Crippen LogP contribution >= 0.6 is 0 Å². The average molecular weight is 271 g/mol. The molecule has 0 unspecified atom stereocenters. The van der Waals surface area contributed by atoms with Gasteiger partial charge in [0.05, 0.1) is 6.61 Å². The van der Waals surface area contributed by atoms with Gasteiger partial charge in [0.15, 0.2) is 0 Å². The summed E-state index contributed by atoms with van der Waals surface area (Å²) >= 11 is 0. The number of imidazole rings is 1. The number of aryl methyl sites for hydroxylation is 1. The molecule has 0 bridgehead atoms. The van der Waals surface area contributed by atoms with Crippen LogP contribution in [-0.4, -0.2) is 16.2 Å². The van der Waals surface area contributed by atoms with Crippen molar-refractivity contribution in [1.29, 1.82) is 0 Å². The molecule has 2 aromatic rings. The highest BCUT2D eigenvalue weighted by atomic mass is 16.5. The summed E-state index contributed by atoms with van der Waals surface area (Å²) in [6.07, 6.45) is 0.967. The number of hydrogen-bond acceptors (Lipinski definition) is 3. The van der Waals surface area contributed by atoms with Crippen molar-refractivity contribution in [2.24, 2.45) is 5.92 Å². The van der Waals surface area contributed by atoms with Gasteiger partial charge in [-0.05, 0) is 36.6 Å². The molecule has 1 aliphatic heterocycles. The molecule has 1 aliphatic rings. The summed E-state index contributed by atoms with van der Waals surface area (Å²) in [5, 5.41) is 0. The van der Waals surface area contributed by atoms with Crippen LogP contribution in [0.5, 0.6) is 5.75 Å². The summed E-state index contributed by atoms with van der Waals surface area (Å²) in [5.74, 6) is 3.27. The number of rotatable bonds is 3. The summed E-state index contributed by atoms with van der Waals surface area (Å²) in [7, 11) is 0. The molecule has 0 amide bonds. The van der Waals surface area contributed by atoms with Crippen LogP contribution in [0.1, 0.15) is 25.2 Å². The third-order valence-electron chi connectivity index (χ3n) is 3.71. The second-order valence-corrected chi connectivity index (χ2v) is 5.82. The first kappa shape index (κ1) is 13.0. The lowest BCUT2D eigenvalue weighted by Gasteiger charge is -2.10. The molecule has 2 heterocycles. The molecule has 3 rings (SSSR count). The molecule has 0 saturated carbocycles. The van der Waals surface area contributed by atoms with Gasteiger partial charge >= 0.3 is 0 Å². The van der Waals surface area contributed by atoms with E-state index >= 15 is 0 Å². The van der Waals surface area contributed by atoms with E-state index in [0.29, 0.717) is 5.92 Å². The Morgan fingerprint density at radius 3 is 2.95 bits per heavy atom. The molecule has 4 nitrogen and oxygen atoms in total. The van der Waals surface area contributed by atoms with Crippen molar-refractivity contribution >= 4 is 5.82 Å². The molecule has 0 saturated heterocycles. The Morgan fingerprint density at radius 2 is 2.20 bits per heavy atom. The van der Waals surface area contributed by atoms with Gasteiger partial charge in [-0.2, -0.15) is 0 Å². The lowest BCUT2D eigenvalue weighted by molar-refractivity contribution is 0.357. The van der Waals surface area contributed by atoms with Gasteiger partial charge < -0.3 is 15.0 Å². The lowest BCUT2D eigenvalue weighted by Crippen LogP contribution is -2.09. The topological polar surface area (TPSA) is 53.1 Å². The van der Waals surface area contributed by atoms with Gasteiger partial charge in [-0.3, -0.25) is 0 Å². The third-order valence-corrected chi connectivity index (χ3v) is 3.71. The highest BCUT2D eigenvalue weighted by Crippen LogP contribution is 2.33. The number of nitrogen functional groups attached to an aromatic ring is 1. The summed E-state index contributed by atoms with van der Waals surface area (Å²) in [4.78, 5) is 4.66. The van der Waals surface area contributed by atoms with E-state index in [1.54, 1.807) is 0 Å². The zero-order valence-corrected chi connectivity index (χ0v) is 12.3. The monoisotopic (exact) mass is 271 g/mol. The van der Waals surface area contributed by atoms with E-state index in [0.717, 1.165) is 48.2 Å². The molecular weight excluding hydrogens is 250 g/mol. The van der Waals surface area contributed by atoms with Crippen LogP contribution in [0.3, 0.4) is 0 Å². The van der Waals surface area contributed by atoms with Gasteiger partial charge in [-0.25, -0.2) is 4.98 Å². The standard InChI is InChI=1S/C16H21N3O/c1-10(2)9-19-11(3)18-15(16(19)17)13-4-5-14-12(8-13)6-7-20-14/h4-5,8,10H,6-7,9,17H2,1-3H3. The van der Waals surface area contributed by atoms with Crippen LogP contribution in [0.15, 0.2) is 18.2 Å². The van der Waals surface area contributed by atoms with Crippen LogP contribution in [0.4, 0.5) is 5.82 Å². The molecule has 1 aromatic heterocycles. The van der Waals surface area contributed by atoms with Crippen molar-refractivity contribution in [3.63, 3.8) is 0 Å². The number of benzene rings is 1. The fourth-order valence-electron chi connectivity index (χ4n) is 2.72. The Bertz CT molecular complexity index is 643. The minimum absolute atomic E-state index is 0.548. The number of nitrogens with zero attached hydrogens (tertiary/aromatic N) is 2. The molecule has 0 fully saturated rings. The molecule has 0 radical (unpaired) electrons.